The van der Waals surface area contributed by atoms with Crippen molar-refractivity contribution in [1.82, 2.24) is 5.32 Å². The number of carbonyl (C=O) groups excluding carboxylic acids is 1. The van der Waals surface area contributed by atoms with Crippen molar-refractivity contribution in [2.45, 2.75) is 26.5 Å². The Balaban J connectivity index is 2.05. The number of ether oxygens (including phenoxy) is 1. The topological polar surface area (TPSA) is 63.8 Å². The van der Waals surface area contributed by atoms with Crippen molar-refractivity contribution in [1.29, 1.82) is 0 Å². The normalized spacial score (nSPS) is 11.5. The van der Waals surface area contributed by atoms with Crippen LogP contribution in [0.3, 0.4) is 0 Å². The largest absolute Gasteiger partial charge is 0.462 e. The Labute approximate surface area is 123 Å². The lowest BCUT2D eigenvalue weighted by Gasteiger charge is -2.12. The molecule has 0 aliphatic heterocycles. The Morgan fingerprint density at radius 3 is 2.62 bits per heavy atom. The van der Waals surface area contributed by atoms with Crippen molar-refractivity contribution in [3.63, 3.8) is 0 Å². The van der Waals surface area contributed by atoms with Crippen LogP contribution in [-0.2, 0) is 11.3 Å². The number of nitrogens with one attached hydrogen (secondary N) is 1. The van der Waals surface area contributed by atoms with E-state index in [0.717, 1.165) is 5.56 Å². The third-order valence-electron chi connectivity index (χ3n) is 2.56. The SMILES string of the molecule is CC(C)OC(=NCc1ccccc1)NC(=O)c1ccco1. The molecule has 0 saturated carbocycles. The van der Waals surface area contributed by atoms with E-state index in [1.807, 2.05) is 44.2 Å². The first-order valence-corrected chi connectivity index (χ1v) is 6.75. The molecule has 21 heavy (non-hydrogen) atoms. The molecule has 110 valence electrons. The molecule has 1 heterocycles. The van der Waals surface area contributed by atoms with Gasteiger partial charge in [0, 0.05) is 0 Å². The van der Waals surface area contributed by atoms with Crippen molar-refractivity contribution in [3.8, 4) is 0 Å². The van der Waals surface area contributed by atoms with E-state index in [1.54, 1.807) is 12.1 Å². The predicted molar refractivity (Wildman–Crippen MR) is 80.0 cm³/mol. The molecule has 0 radical (unpaired) electrons. The van der Waals surface area contributed by atoms with E-state index in [2.05, 4.69) is 10.3 Å². The van der Waals surface area contributed by atoms with Gasteiger partial charge in [-0.15, -0.1) is 0 Å². The van der Waals surface area contributed by atoms with Crippen LogP contribution in [0.25, 0.3) is 0 Å². The molecule has 0 aliphatic carbocycles. The summed E-state index contributed by atoms with van der Waals surface area (Å²) in [7, 11) is 0. The van der Waals surface area contributed by atoms with Crippen molar-refractivity contribution < 1.29 is 13.9 Å². The van der Waals surface area contributed by atoms with Gasteiger partial charge in [0.15, 0.2) is 5.76 Å². The predicted octanol–water partition coefficient (Wildman–Crippen LogP) is 2.99. The van der Waals surface area contributed by atoms with Crippen LogP contribution in [0.5, 0.6) is 0 Å². The lowest BCUT2D eigenvalue weighted by atomic mass is 10.2. The van der Waals surface area contributed by atoms with Crippen molar-refractivity contribution in [2.24, 2.45) is 4.99 Å². The maximum absolute atomic E-state index is 11.9. The van der Waals surface area contributed by atoms with E-state index in [-0.39, 0.29) is 23.8 Å². The molecule has 0 spiro atoms. The van der Waals surface area contributed by atoms with Crippen LogP contribution in [-0.4, -0.2) is 18.0 Å². The molecule has 5 heteroatoms. The van der Waals surface area contributed by atoms with Crippen LogP contribution in [0.1, 0.15) is 30.0 Å². The summed E-state index contributed by atoms with van der Waals surface area (Å²) in [4.78, 5) is 16.2. The van der Waals surface area contributed by atoms with E-state index in [4.69, 9.17) is 9.15 Å². The Kier molecular flexibility index (Phi) is 5.15. The van der Waals surface area contributed by atoms with Crippen molar-refractivity contribution in [2.75, 3.05) is 0 Å². The van der Waals surface area contributed by atoms with Gasteiger partial charge in [-0.1, -0.05) is 30.3 Å². The lowest BCUT2D eigenvalue weighted by molar-refractivity contribution is 0.0932. The van der Waals surface area contributed by atoms with Crippen LogP contribution >= 0.6 is 0 Å². The van der Waals surface area contributed by atoms with E-state index in [1.165, 1.54) is 6.26 Å². The Bertz CT molecular complexity index is 589. The van der Waals surface area contributed by atoms with E-state index < -0.39 is 0 Å². The molecule has 0 saturated heterocycles. The van der Waals surface area contributed by atoms with E-state index in [0.29, 0.717) is 6.54 Å². The maximum Gasteiger partial charge on any atom is 0.294 e. The molecule has 0 bridgehead atoms. The zero-order chi connectivity index (χ0) is 15.1. The highest BCUT2D eigenvalue weighted by Gasteiger charge is 2.13. The minimum atomic E-state index is -0.382. The van der Waals surface area contributed by atoms with Gasteiger partial charge < -0.3 is 9.15 Å². The summed E-state index contributed by atoms with van der Waals surface area (Å²) in [6, 6.07) is 13.2. The van der Waals surface area contributed by atoms with Gasteiger partial charge in [0.1, 0.15) is 0 Å². The Morgan fingerprint density at radius 2 is 2.00 bits per heavy atom. The number of benzene rings is 1. The van der Waals surface area contributed by atoms with Gasteiger partial charge in [0.2, 0.25) is 0 Å². The molecular formula is C16H18N2O3. The molecule has 1 aromatic carbocycles. The van der Waals surface area contributed by atoms with Gasteiger partial charge >= 0.3 is 0 Å². The van der Waals surface area contributed by atoms with Gasteiger partial charge in [-0.05, 0) is 31.5 Å². The number of hydrogen-bond donors (Lipinski definition) is 1. The number of amides is 1. The smallest absolute Gasteiger partial charge is 0.294 e. The summed E-state index contributed by atoms with van der Waals surface area (Å²) >= 11 is 0. The zero-order valence-electron chi connectivity index (χ0n) is 12.1. The molecule has 0 aliphatic rings. The van der Waals surface area contributed by atoms with Gasteiger partial charge in [0.25, 0.3) is 11.9 Å². The number of rotatable bonds is 4. The van der Waals surface area contributed by atoms with Crippen LogP contribution < -0.4 is 5.32 Å². The number of hydrogen-bond acceptors (Lipinski definition) is 4. The maximum atomic E-state index is 11.9. The van der Waals surface area contributed by atoms with Crippen molar-refractivity contribution >= 4 is 11.9 Å². The van der Waals surface area contributed by atoms with Gasteiger partial charge in [-0.25, -0.2) is 4.99 Å². The summed E-state index contributed by atoms with van der Waals surface area (Å²) in [5.74, 6) is -0.165. The summed E-state index contributed by atoms with van der Waals surface area (Å²) in [5, 5.41) is 2.62. The second-order valence-corrected chi connectivity index (χ2v) is 4.71. The third-order valence-corrected chi connectivity index (χ3v) is 2.56. The summed E-state index contributed by atoms with van der Waals surface area (Å²) in [6.45, 7) is 4.18. The molecule has 1 aromatic heterocycles. The second kappa shape index (κ2) is 7.28. The van der Waals surface area contributed by atoms with E-state index >= 15 is 0 Å². The zero-order valence-corrected chi connectivity index (χ0v) is 12.1. The quantitative estimate of drug-likeness (QED) is 0.694. The second-order valence-electron chi connectivity index (χ2n) is 4.71. The highest BCUT2D eigenvalue weighted by atomic mass is 16.5. The van der Waals surface area contributed by atoms with Gasteiger partial charge in [-0.2, -0.15) is 0 Å². The fraction of sp³-hybridized carbons (Fsp3) is 0.250. The molecule has 0 unspecified atom stereocenters. The Hall–Kier alpha value is -2.56. The fourth-order valence-corrected chi connectivity index (χ4v) is 1.64. The average Bonchev–Trinajstić information content (AvgIpc) is 2.99. The van der Waals surface area contributed by atoms with Gasteiger partial charge in [0.05, 0.1) is 18.9 Å². The summed E-state index contributed by atoms with van der Waals surface area (Å²) < 4.78 is 10.6. The number of nitrogens with zero attached hydrogens (tertiary/aromatic N) is 1. The molecule has 1 N–H and O–H groups in total. The first-order valence-electron chi connectivity index (χ1n) is 6.75. The summed E-state index contributed by atoms with van der Waals surface area (Å²) in [6.07, 6.45) is 1.36. The third kappa shape index (κ3) is 4.80. The molecule has 0 fully saturated rings. The van der Waals surface area contributed by atoms with E-state index in [9.17, 15) is 4.79 Å². The number of amidine groups is 1. The highest BCUT2D eigenvalue weighted by Crippen LogP contribution is 2.03. The lowest BCUT2D eigenvalue weighted by Crippen LogP contribution is -2.34. The minimum absolute atomic E-state index is 0.0866. The van der Waals surface area contributed by atoms with Crippen LogP contribution in [0, 0.1) is 0 Å². The van der Waals surface area contributed by atoms with Gasteiger partial charge in [-0.3, -0.25) is 10.1 Å². The molecule has 2 aromatic rings. The van der Waals surface area contributed by atoms with Crippen LogP contribution in [0.15, 0.2) is 58.1 Å². The standard InChI is InChI=1S/C16H18N2O3/c1-12(2)21-16(17-11-13-7-4-3-5-8-13)18-15(19)14-9-6-10-20-14/h3-10,12H,11H2,1-2H3,(H,17,18,19). The molecule has 1 amide bonds. The molecule has 0 atom stereocenters. The van der Waals surface area contributed by atoms with Crippen LogP contribution in [0.2, 0.25) is 0 Å². The molecular weight excluding hydrogens is 268 g/mol. The number of carbonyl (C=O) groups is 1. The summed E-state index contributed by atoms with van der Waals surface area (Å²) in [5.41, 5.74) is 1.04. The molecule has 2 rings (SSSR count). The minimum Gasteiger partial charge on any atom is -0.462 e. The highest BCUT2D eigenvalue weighted by molar-refractivity contribution is 6.02. The van der Waals surface area contributed by atoms with Crippen LogP contribution in [0.4, 0.5) is 0 Å². The number of furan rings is 1. The first kappa shape index (κ1) is 14.8. The van der Waals surface area contributed by atoms with Crippen molar-refractivity contribution in [3.05, 3.63) is 60.1 Å². The molecule has 5 nitrogen and oxygen atoms in total. The average molecular weight is 286 g/mol. The fourth-order valence-electron chi connectivity index (χ4n) is 1.64. The Morgan fingerprint density at radius 1 is 1.24 bits per heavy atom. The number of aliphatic imine (C=N–C) groups is 1. The monoisotopic (exact) mass is 286 g/mol. The first-order chi connectivity index (χ1) is 10.1.